The molecule has 0 unspecified atom stereocenters. The molecule has 2 aromatic heterocycles. The highest BCUT2D eigenvalue weighted by Crippen LogP contribution is 2.31. The fraction of sp³-hybridized carbons (Fsp3) is 0.261. The van der Waals surface area contributed by atoms with Gasteiger partial charge >= 0.3 is 0 Å². The molecule has 1 fully saturated rings. The van der Waals surface area contributed by atoms with E-state index < -0.39 is 0 Å². The van der Waals surface area contributed by atoms with Crippen molar-refractivity contribution < 1.29 is 4.39 Å². The van der Waals surface area contributed by atoms with Crippen LogP contribution in [-0.2, 0) is 0 Å². The quantitative estimate of drug-likeness (QED) is 0.455. The van der Waals surface area contributed by atoms with Crippen LogP contribution in [0.1, 0.15) is 24.1 Å². The molecule has 0 amide bonds. The predicted molar refractivity (Wildman–Crippen MR) is 119 cm³/mol. The maximum absolute atomic E-state index is 14.3. The number of rotatable bonds is 6. The third-order valence-electron chi connectivity index (χ3n) is 5.24. The topological polar surface area (TPSA) is 85.7 Å². The molecule has 1 saturated heterocycles. The second-order valence-corrected chi connectivity index (χ2v) is 7.47. The van der Waals surface area contributed by atoms with Gasteiger partial charge in [-0.2, -0.15) is 0 Å². The molecule has 0 spiro atoms. The van der Waals surface area contributed by atoms with E-state index in [1.54, 1.807) is 24.5 Å². The summed E-state index contributed by atoms with van der Waals surface area (Å²) in [6.45, 7) is 3.87. The number of aromatic nitrogens is 2. The van der Waals surface area contributed by atoms with Crippen molar-refractivity contribution in [3.63, 3.8) is 0 Å². The summed E-state index contributed by atoms with van der Waals surface area (Å²) in [5, 5.41) is 18.1. The van der Waals surface area contributed by atoms with Crippen molar-refractivity contribution in [3.05, 3.63) is 65.9 Å². The zero-order chi connectivity index (χ0) is 20.9. The summed E-state index contributed by atoms with van der Waals surface area (Å²) < 4.78 is 14.3. The molecule has 3 aromatic rings. The molecule has 1 aromatic carbocycles. The van der Waals surface area contributed by atoms with E-state index in [9.17, 15) is 4.39 Å². The van der Waals surface area contributed by atoms with Gasteiger partial charge in [0.25, 0.3) is 0 Å². The van der Waals surface area contributed by atoms with E-state index in [0.717, 1.165) is 48.6 Å². The van der Waals surface area contributed by atoms with Crippen molar-refractivity contribution >= 4 is 23.3 Å². The lowest BCUT2D eigenvalue weighted by molar-refractivity contribution is 0.479. The number of aryl methyl sites for hydroxylation is 1. The molecule has 30 heavy (non-hydrogen) atoms. The SMILES string of the molecule is Cc1ccc(F)c(-c2cc(Nc3ccnc(C=N)c3NC3CCNCC3)ccn2)c1. The summed E-state index contributed by atoms with van der Waals surface area (Å²) in [6.07, 6.45) is 6.63. The van der Waals surface area contributed by atoms with Gasteiger partial charge in [0.05, 0.1) is 17.1 Å². The van der Waals surface area contributed by atoms with E-state index >= 15 is 0 Å². The first-order valence-electron chi connectivity index (χ1n) is 10.1. The van der Waals surface area contributed by atoms with E-state index in [4.69, 9.17) is 5.41 Å². The summed E-state index contributed by atoms with van der Waals surface area (Å²) in [4.78, 5) is 8.68. The van der Waals surface area contributed by atoms with Crippen molar-refractivity contribution in [1.29, 1.82) is 5.41 Å². The van der Waals surface area contributed by atoms with E-state index in [-0.39, 0.29) is 5.82 Å². The van der Waals surface area contributed by atoms with Gasteiger partial charge in [0.15, 0.2) is 0 Å². The first-order valence-corrected chi connectivity index (χ1v) is 10.1. The van der Waals surface area contributed by atoms with Crippen LogP contribution in [0.25, 0.3) is 11.3 Å². The van der Waals surface area contributed by atoms with E-state index in [1.165, 1.54) is 12.3 Å². The molecular formula is C23H25FN6. The molecule has 0 bridgehead atoms. The van der Waals surface area contributed by atoms with Crippen LogP contribution >= 0.6 is 0 Å². The molecule has 4 rings (SSSR count). The van der Waals surface area contributed by atoms with Gasteiger partial charge in [-0.05, 0) is 63.2 Å². The summed E-state index contributed by atoms with van der Waals surface area (Å²) >= 11 is 0. The highest BCUT2D eigenvalue weighted by atomic mass is 19.1. The lowest BCUT2D eigenvalue weighted by atomic mass is 10.1. The molecule has 3 heterocycles. The zero-order valence-electron chi connectivity index (χ0n) is 16.9. The Morgan fingerprint density at radius 2 is 1.90 bits per heavy atom. The van der Waals surface area contributed by atoms with Gasteiger partial charge in [-0.3, -0.25) is 9.97 Å². The average molecular weight is 404 g/mol. The largest absolute Gasteiger partial charge is 0.379 e. The molecular weight excluding hydrogens is 379 g/mol. The minimum Gasteiger partial charge on any atom is -0.379 e. The number of halogens is 1. The molecule has 0 saturated carbocycles. The highest BCUT2D eigenvalue weighted by Gasteiger charge is 2.17. The van der Waals surface area contributed by atoms with Crippen LogP contribution in [0.5, 0.6) is 0 Å². The maximum Gasteiger partial charge on any atom is 0.132 e. The number of nitrogens with zero attached hydrogens (tertiary/aromatic N) is 2. The summed E-state index contributed by atoms with van der Waals surface area (Å²) in [5.74, 6) is -0.298. The van der Waals surface area contributed by atoms with Crippen LogP contribution in [-0.4, -0.2) is 35.3 Å². The summed E-state index contributed by atoms with van der Waals surface area (Å²) in [5.41, 5.74) is 5.01. The highest BCUT2D eigenvalue weighted by molar-refractivity contribution is 5.90. The number of benzene rings is 1. The first-order chi connectivity index (χ1) is 14.6. The first kappa shape index (κ1) is 20.0. The Morgan fingerprint density at radius 1 is 1.10 bits per heavy atom. The van der Waals surface area contributed by atoms with Gasteiger partial charge in [-0.25, -0.2) is 4.39 Å². The van der Waals surface area contributed by atoms with Crippen molar-refractivity contribution in [3.8, 4) is 11.3 Å². The number of anilines is 3. The van der Waals surface area contributed by atoms with Gasteiger partial charge in [0.1, 0.15) is 11.5 Å². The molecule has 4 N–H and O–H groups in total. The van der Waals surface area contributed by atoms with Crippen LogP contribution in [0.15, 0.2) is 48.8 Å². The minimum absolute atomic E-state index is 0.298. The second-order valence-electron chi connectivity index (χ2n) is 7.47. The second kappa shape index (κ2) is 9.00. The minimum atomic E-state index is -0.298. The third-order valence-corrected chi connectivity index (χ3v) is 5.24. The monoisotopic (exact) mass is 404 g/mol. The lowest BCUT2D eigenvalue weighted by Crippen LogP contribution is -2.35. The van der Waals surface area contributed by atoms with Gasteiger partial charge in [-0.1, -0.05) is 11.6 Å². The molecule has 0 radical (unpaired) electrons. The number of hydrogen-bond acceptors (Lipinski definition) is 6. The van der Waals surface area contributed by atoms with Crippen LogP contribution in [0, 0.1) is 18.2 Å². The van der Waals surface area contributed by atoms with Gasteiger partial charge < -0.3 is 21.4 Å². The molecule has 1 aliphatic rings. The fourth-order valence-electron chi connectivity index (χ4n) is 3.66. The Morgan fingerprint density at radius 3 is 2.70 bits per heavy atom. The van der Waals surface area contributed by atoms with Crippen molar-refractivity contribution in [2.75, 3.05) is 23.7 Å². The molecule has 0 aliphatic carbocycles. The summed E-state index contributed by atoms with van der Waals surface area (Å²) in [7, 11) is 0. The normalized spacial score (nSPS) is 14.3. The van der Waals surface area contributed by atoms with E-state index in [0.29, 0.717) is 23.0 Å². The van der Waals surface area contributed by atoms with Crippen LogP contribution in [0.4, 0.5) is 21.5 Å². The number of nitrogens with one attached hydrogen (secondary N) is 4. The Hall–Kier alpha value is -3.32. The molecule has 1 aliphatic heterocycles. The number of piperidine rings is 1. The van der Waals surface area contributed by atoms with Gasteiger partial charge in [0, 0.05) is 35.9 Å². The summed E-state index contributed by atoms with van der Waals surface area (Å²) in [6, 6.07) is 10.9. The smallest absolute Gasteiger partial charge is 0.132 e. The Labute approximate surface area is 175 Å². The van der Waals surface area contributed by atoms with Crippen LogP contribution < -0.4 is 16.0 Å². The van der Waals surface area contributed by atoms with E-state index in [2.05, 4.69) is 25.9 Å². The Bertz CT molecular complexity index is 1050. The van der Waals surface area contributed by atoms with Crippen LogP contribution in [0.3, 0.4) is 0 Å². The third kappa shape index (κ3) is 4.46. The van der Waals surface area contributed by atoms with Crippen LogP contribution in [0.2, 0.25) is 0 Å². The zero-order valence-corrected chi connectivity index (χ0v) is 16.9. The lowest BCUT2D eigenvalue weighted by Gasteiger charge is -2.26. The van der Waals surface area contributed by atoms with E-state index in [1.807, 2.05) is 25.1 Å². The van der Waals surface area contributed by atoms with Crippen molar-refractivity contribution in [2.24, 2.45) is 0 Å². The van der Waals surface area contributed by atoms with Gasteiger partial charge in [-0.15, -0.1) is 0 Å². The van der Waals surface area contributed by atoms with Crippen molar-refractivity contribution in [1.82, 2.24) is 15.3 Å². The maximum atomic E-state index is 14.3. The molecule has 154 valence electrons. The number of hydrogen-bond donors (Lipinski definition) is 4. The number of pyridine rings is 2. The predicted octanol–water partition coefficient (Wildman–Crippen LogP) is 4.50. The Kier molecular flexibility index (Phi) is 5.99. The molecule has 0 atom stereocenters. The molecule has 6 nitrogen and oxygen atoms in total. The van der Waals surface area contributed by atoms with Crippen molar-refractivity contribution in [2.45, 2.75) is 25.8 Å². The fourth-order valence-corrected chi connectivity index (χ4v) is 3.66. The van der Waals surface area contributed by atoms with Gasteiger partial charge in [0.2, 0.25) is 0 Å². The molecule has 7 heteroatoms. The Balaban J connectivity index is 1.64. The standard InChI is InChI=1S/C23H25FN6/c1-15-2-3-19(24)18(12-15)21-13-17(6-10-27-21)29-20-7-11-28-22(14-25)23(20)30-16-4-8-26-9-5-16/h2-3,6-7,10-14,16,25-26,30H,4-5,8-9H2,1H3,(H,27,28,29). The average Bonchev–Trinajstić information content (AvgIpc) is 2.77.